The van der Waals surface area contributed by atoms with E-state index in [2.05, 4.69) is 164 Å². The fourth-order valence-corrected chi connectivity index (χ4v) is 7.59. The molecule has 7 aromatic rings. The lowest BCUT2D eigenvalue weighted by atomic mass is 9.87. The number of nitrogens with zero attached hydrogens (tertiary/aromatic N) is 4. The van der Waals surface area contributed by atoms with E-state index < -0.39 is 0 Å². The highest BCUT2D eigenvalue weighted by atomic mass is 15.1. The van der Waals surface area contributed by atoms with E-state index in [1.165, 1.54) is 49.2 Å². The Hall–Kier alpha value is -6.00. The van der Waals surface area contributed by atoms with E-state index in [1.54, 1.807) is 12.3 Å². The Balaban J connectivity index is 1.23. The van der Waals surface area contributed by atoms with Gasteiger partial charge in [0, 0.05) is 47.4 Å². The summed E-state index contributed by atoms with van der Waals surface area (Å²) < 4.78 is 2.25. The maximum atomic E-state index is 5.02. The van der Waals surface area contributed by atoms with Crippen molar-refractivity contribution in [2.45, 2.75) is 26.2 Å². The van der Waals surface area contributed by atoms with E-state index in [-0.39, 0.29) is 0 Å². The van der Waals surface area contributed by atoms with Crippen LogP contribution in [0.4, 0.5) is 5.82 Å². The maximum absolute atomic E-state index is 5.02. The lowest BCUT2D eigenvalue weighted by Crippen LogP contribution is -2.27. The Morgan fingerprint density at radius 1 is 0.780 bits per heavy atom. The molecule has 0 spiro atoms. The fourth-order valence-electron chi connectivity index (χ4n) is 7.59. The molecule has 0 saturated heterocycles. The van der Waals surface area contributed by atoms with Gasteiger partial charge in [0.05, 0.1) is 17.8 Å². The zero-order valence-electron chi connectivity index (χ0n) is 28.6. The summed E-state index contributed by atoms with van der Waals surface area (Å²) in [5, 5.41) is 6.20. The molecule has 0 N–H and O–H groups in total. The van der Waals surface area contributed by atoms with Crippen molar-refractivity contribution in [3.8, 4) is 5.69 Å². The second-order valence-electron chi connectivity index (χ2n) is 13.2. The summed E-state index contributed by atoms with van der Waals surface area (Å²) >= 11 is 0. The van der Waals surface area contributed by atoms with Gasteiger partial charge in [0.1, 0.15) is 5.82 Å². The second-order valence-corrected chi connectivity index (χ2v) is 13.2. The first-order chi connectivity index (χ1) is 24.6. The van der Waals surface area contributed by atoms with Gasteiger partial charge < -0.3 is 4.90 Å². The second kappa shape index (κ2) is 13.5. The molecule has 1 aliphatic rings. The Morgan fingerprint density at radius 3 is 2.10 bits per heavy atom. The number of aromatic nitrogens is 1. The molecular weight excluding hydrogens is 609 g/mol. The van der Waals surface area contributed by atoms with Crippen LogP contribution in [-0.2, 0) is 6.42 Å². The van der Waals surface area contributed by atoms with Crippen LogP contribution in [0.2, 0.25) is 0 Å². The molecule has 244 valence electrons. The van der Waals surface area contributed by atoms with Crippen molar-refractivity contribution in [1.29, 1.82) is 0 Å². The molecule has 4 heteroatoms. The molecule has 1 aliphatic heterocycles. The van der Waals surface area contributed by atoms with Crippen molar-refractivity contribution in [3.63, 3.8) is 0 Å². The van der Waals surface area contributed by atoms with E-state index in [9.17, 15) is 0 Å². The monoisotopic (exact) mass is 648 g/mol. The summed E-state index contributed by atoms with van der Waals surface area (Å²) in [5.74, 6) is 1.34. The average Bonchev–Trinajstić information content (AvgIpc) is 3.44. The summed E-state index contributed by atoms with van der Waals surface area (Å²) in [6.07, 6.45) is 8.65. The van der Waals surface area contributed by atoms with E-state index in [4.69, 9.17) is 9.98 Å². The van der Waals surface area contributed by atoms with E-state index in [0.29, 0.717) is 5.92 Å². The largest absolute Gasteiger partial charge is 0.370 e. The van der Waals surface area contributed by atoms with Crippen molar-refractivity contribution >= 4 is 56.4 Å². The molecule has 0 radical (unpaired) electrons. The van der Waals surface area contributed by atoms with E-state index in [0.717, 1.165) is 47.8 Å². The molecule has 0 aliphatic carbocycles. The Labute approximate surface area is 294 Å². The number of aliphatic imine (C=N–C) groups is 2. The van der Waals surface area contributed by atoms with Crippen LogP contribution in [0.5, 0.6) is 0 Å². The highest BCUT2D eigenvalue weighted by Gasteiger charge is 2.21. The van der Waals surface area contributed by atoms with Crippen molar-refractivity contribution in [2.24, 2.45) is 9.98 Å². The minimum Gasteiger partial charge on any atom is -0.370 e. The van der Waals surface area contributed by atoms with E-state index in [1.807, 2.05) is 6.07 Å². The standard InChI is InChI=1S/C46H40N4/c1-4-25-48-46-33(3)41-28-34(23-24-44(41)50(46)36-17-9-6-10-18-36)29-42-37-19-11-13-21-39(37)45(40-22-14-12-20-38(40)42)43-31-49(27-26-47-43)30-32(2)35-15-7-5-8-16-35/h4-26,28,31-32H,1,27,29-30H2,2-3H3/b48-25-. The molecule has 6 aromatic carbocycles. The average molecular weight is 649 g/mol. The maximum Gasteiger partial charge on any atom is 0.141 e. The van der Waals surface area contributed by atoms with Crippen molar-refractivity contribution in [2.75, 3.05) is 13.1 Å². The third kappa shape index (κ3) is 5.73. The SMILES string of the molecule is C=C/C=N\c1c(C)c2cc(Cc3c4ccccc4c(C4=CN(CC(C)c5ccccc5)CC=N4)c4ccccc34)ccc2n1-c1ccccc1. The Kier molecular flexibility index (Phi) is 8.44. The summed E-state index contributed by atoms with van der Waals surface area (Å²) in [7, 11) is 0. The molecule has 8 rings (SSSR count). The smallest absolute Gasteiger partial charge is 0.141 e. The number of benzene rings is 6. The number of rotatable bonds is 9. The lowest BCUT2D eigenvalue weighted by Gasteiger charge is -2.27. The molecule has 0 saturated carbocycles. The number of allylic oxidation sites excluding steroid dienone is 1. The molecule has 0 amide bonds. The number of aryl methyl sites for hydroxylation is 1. The minimum atomic E-state index is 0.409. The van der Waals surface area contributed by atoms with Crippen molar-refractivity contribution in [1.82, 2.24) is 9.47 Å². The Bertz CT molecular complexity index is 2390. The van der Waals surface area contributed by atoms with Crippen molar-refractivity contribution in [3.05, 3.63) is 174 Å². The fraction of sp³-hybridized carbons (Fsp3) is 0.130. The summed E-state index contributed by atoms with van der Waals surface area (Å²) in [6.45, 7) is 10.1. The summed E-state index contributed by atoms with van der Waals surface area (Å²) in [5.41, 5.74) is 9.56. The van der Waals surface area contributed by atoms with Gasteiger partial charge in [0.25, 0.3) is 0 Å². The minimum absolute atomic E-state index is 0.409. The van der Waals surface area contributed by atoms with Crippen LogP contribution in [0.1, 0.15) is 40.7 Å². The van der Waals surface area contributed by atoms with Crippen molar-refractivity contribution < 1.29 is 0 Å². The van der Waals surface area contributed by atoms with Gasteiger partial charge in [-0.25, -0.2) is 4.99 Å². The van der Waals surface area contributed by atoms with Gasteiger partial charge >= 0.3 is 0 Å². The van der Waals surface area contributed by atoms with Gasteiger partial charge in [-0.1, -0.05) is 123 Å². The van der Waals surface area contributed by atoms with Gasteiger partial charge in [-0.3, -0.25) is 9.56 Å². The number of para-hydroxylation sites is 1. The predicted molar refractivity (Wildman–Crippen MR) is 214 cm³/mol. The van der Waals surface area contributed by atoms with Crippen LogP contribution in [-0.4, -0.2) is 35.0 Å². The van der Waals surface area contributed by atoms with Crippen LogP contribution < -0.4 is 0 Å². The van der Waals surface area contributed by atoms with Gasteiger partial charge in [0.15, 0.2) is 0 Å². The quantitative estimate of drug-likeness (QED) is 0.113. The first-order valence-electron chi connectivity index (χ1n) is 17.4. The van der Waals surface area contributed by atoms with Crippen LogP contribution in [0.15, 0.2) is 156 Å². The zero-order valence-corrected chi connectivity index (χ0v) is 28.6. The Morgan fingerprint density at radius 2 is 1.42 bits per heavy atom. The van der Waals surface area contributed by atoms with Gasteiger partial charge in [0.2, 0.25) is 0 Å². The van der Waals surface area contributed by atoms with Crippen LogP contribution in [0, 0.1) is 6.92 Å². The first kappa shape index (κ1) is 31.3. The van der Waals surface area contributed by atoms with Crippen LogP contribution in [0.25, 0.3) is 43.8 Å². The molecule has 0 bridgehead atoms. The van der Waals surface area contributed by atoms with Crippen LogP contribution in [0.3, 0.4) is 0 Å². The highest BCUT2D eigenvalue weighted by molar-refractivity contribution is 6.12. The van der Waals surface area contributed by atoms with Gasteiger partial charge in [-0.2, -0.15) is 0 Å². The molecule has 1 atom stereocenters. The highest BCUT2D eigenvalue weighted by Crippen LogP contribution is 2.40. The predicted octanol–water partition coefficient (Wildman–Crippen LogP) is 11.2. The third-order valence-electron chi connectivity index (χ3n) is 9.98. The molecule has 0 fully saturated rings. The molecule has 1 aromatic heterocycles. The number of hydrogen-bond acceptors (Lipinski definition) is 3. The summed E-state index contributed by atoms with van der Waals surface area (Å²) in [4.78, 5) is 12.2. The van der Waals surface area contributed by atoms with Crippen LogP contribution >= 0.6 is 0 Å². The number of fused-ring (bicyclic) bond motifs is 3. The molecular formula is C46H40N4. The molecule has 4 nitrogen and oxygen atoms in total. The number of hydrogen-bond donors (Lipinski definition) is 0. The molecule has 1 unspecified atom stereocenters. The summed E-state index contributed by atoms with van der Waals surface area (Å²) in [6, 6.07) is 45.8. The zero-order chi connectivity index (χ0) is 34.0. The first-order valence-corrected chi connectivity index (χ1v) is 17.4. The molecule has 2 heterocycles. The normalized spacial score (nSPS) is 13.8. The van der Waals surface area contributed by atoms with Gasteiger partial charge in [-0.05, 0) is 81.8 Å². The van der Waals surface area contributed by atoms with Gasteiger partial charge in [-0.15, -0.1) is 0 Å². The lowest BCUT2D eigenvalue weighted by molar-refractivity contribution is 0.399. The van der Waals surface area contributed by atoms with E-state index >= 15 is 0 Å². The molecule has 50 heavy (non-hydrogen) atoms. The third-order valence-corrected chi connectivity index (χ3v) is 9.98. The topological polar surface area (TPSA) is 32.9 Å².